The van der Waals surface area contributed by atoms with E-state index >= 15 is 0 Å². The van der Waals surface area contributed by atoms with Crippen LogP contribution in [-0.4, -0.2) is 89.4 Å². The van der Waals surface area contributed by atoms with Gasteiger partial charge in [-0.15, -0.1) is 5.10 Å². The SMILES string of the molecule is CC(C)(O)c1cnnn1[C@H]1C[C@@H](C(=O)NC(Cc2ccc([N+](=O)[O-])cc2)C(O)C(N)=O)N(C(=O)[C@@H](CC2CCCCC2)NC(=O)c2ccc3ccccc3c2)C1. The zero-order valence-electron chi connectivity index (χ0n) is 31.4. The van der Waals surface area contributed by atoms with Crippen molar-refractivity contribution in [3.05, 3.63) is 99.9 Å². The molecule has 2 aliphatic rings. The number of likely N-dealkylation sites (tertiary alicyclic amines) is 1. The van der Waals surface area contributed by atoms with E-state index in [1.54, 1.807) is 26.0 Å². The molecule has 2 unspecified atom stereocenters. The zero-order chi connectivity index (χ0) is 40.1. The van der Waals surface area contributed by atoms with Crippen LogP contribution in [0.5, 0.6) is 0 Å². The number of nitrogens with two attached hydrogens (primary N) is 1. The highest BCUT2D eigenvalue weighted by molar-refractivity contribution is 6.01. The number of carbonyl (C=O) groups excluding carboxylic acids is 4. The first kappa shape index (κ1) is 39.9. The number of non-ortho nitro benzene ring substituents is 1. The molecule has 2 heterocycles. The monoisotopic (exact) mass is 768 g/mol. The van der Waals surface area contributed by atoms with Crippen LogP contribution in [0.4, 0.5) is 5.69 Å². The van der Waals surface area contributed by atoms with E-state index in [0.29, 0.717) is 23.2 Å². The molecule has 0 bridgehead atoms. The summed E-state index contributed by atoms with van der Waals surface area (Å²) < 4.78 is 1.49. The third kappa shape index (κ3) is 9.20. The Morgan fingerprint density at radius 2 is 1.70 bits per heavy atom. The molecule has 0 radical (unpaired) electrons. The standard InChI is InChI=1S/C40H48N8O8/c1-40(2,54)34-22-42-45-47(34)30-21-33(38(52)43-31(35(49)36(41)50)18-25-12-16-29(17-13-25)48(55)56)46(23-30)39(53)32(19-24-8-4-3-5-9-24)44-37(51)28-15-14-26-10-6-7-11-27(26)20-28/h6-7,10-17,20,22,24,30-33,35,49,54H,3-5,8-9,18-19,21,23H2,1-2H3,(H2,41,50)(H,43,52)(H,44,51)/t30-,31?,32+,33-,35?/m0/s1. The minimum absolute atomic E-state index is 0.0235. The van der Waals surface area contributed by atoms with E-state index in [1.165, 1.54) is 40.0 Å². The van der Waals surface area contributed by atoms with Gasteiger partial charge in [0.15, 0.2) is 6.10 Å². The molecule has 5 atom stereocenters. The number of benzene rings is 3. The first-order valence-electron chi connectivity index (χ1n) is 18.9. The van der Waals surface area contributed by atoms with Crippen molar-refractivity contribution in [1.29, 1.82) is 0 Å². The lowest BCUT2D eigenvalue weighted by Gasteiger charge is -2.32. The minimum Gasteiger partial charge on any atom is -0.384 e. The smallest absolute Gasteiger partial charge is 0.269 e. The molecule has 1 saturated heterocycles. The van der Waals surface area contributed by atoms with Gasteiger partial charge in [-0.05, 0) is 61.1 Å². The maximum atomic E-state index is 14.9. The number of hydrogen-bond acceptors (Lipinski definition) is 10. The van der Waals surface area contributed by atoms with Gasteiger partial charge in [0.05, 0.1) is 28.9 Å². The van der Waals surface area contributed by atoms with Crippen LogP contribution in [-0.2, 0) is 26.4 Å². The van der Waals surface area contributed by atoms with E-state index < -0.39 is 64.4 Å². The van der Waals surface area contributed by atoms with Crippen molar-refractivity contribution in [2.75, 3.05) is 6.54 Å². The van der Waals surface area contributed by atoms with Gasteiger partial charge < -0.3 is 31.5 Å². The summed E-state index contributed by atoms with van der Waals surface area (Å²) in [5, 5.41) is 48.7. The third-order valence-corrected chi connectivity index (χ3v) is 10.9. The Balaban J connectivity index is 1.32. The van der Waals surface area contributed by atoms with Gasteiger partial charge in [-0.3, -0.25) is 29.3 Å². The summed E-state index contributed by atoms with van der Waals surface area (Å²) in [5.74, 6) is -2.56. The summed E-state index contributed by atoms with van der Waals surface area (Å²) in [4.78, 5) is 67.4. The molecular formula is C40H48N8O8. The average Bonchev–Trinajstić information content (AvgIpc) is 3.86. The fourth-order valence-corrected chi connectivity index (χ4v) is 7.91. The fraction of sp³-hybridized carbons (Fsp3) is 0.450. The summed E-state index contributed by atoms with van der Waals surface area (Å²) >= 11 is 0. The number of nitrogens with one attached hydrogen (secondary N) is 2. The van der Waals surface area contributed by atoms with Crippen LogP contribution in [0, 0.1) is 16.0 Å². The largest absolute Gasteiger partial charge is 0.384 e. The molecule has 16 heteroatoms. The lowest BCUT2D eigenvalue weighted by atomic mass is 9.84. The lowest BCUT2D eigenvalue weighted by molar-refractivity contribution is -0.384. The van der Waals surface area contributed by atoms with E-state index in [2.05, 4.69) is 20.9 Å². The summed E-state index contributed by atoms with van der Waals surface area (Å²) in [6.07, 6.45) is 4.73. The molecule has 0 spiro atoms. The maximum Gasteiger partial charge on any atom is 0.269 e. The van der Waals surface area contributed by atoms with Gasteiger partial charge in [-0.1, -0.05) is 79.8 Å². The Morgan fingerprint density at radius 1 is 1.00 bits per heavy atom. The molecule has 4 amide bonds. The van der Waals surface area contributed by atoms with Gasteiger partial charge in [-0.2, -0.15) is 0 Å². The fourth-order valence-electron chi connectivity index (χ4n) is 7.91. The molecule has 6 rings (SSSR count). The second-order valence-corrected chi connectivity index (χ2v) is 15.4. The summed E-state index contributed by atoms with van der Waals surface area (Å²) in [5.41, 5.74) is 5.17. The number of amides is 4. The number of nitro benzene ring substituents is 1. The summed E-state index contributed by atoms with van der Waals surface area (Å²) in [6.45, 7) is 3.11. The van der Waals surface area contributed by atoms with Gasteiger partial charge in [0.2, 0.25) is 17.7 Å². The van der Waals surface area contributed by atoms with Crippen molar-refractivity contribution < 1.29 is 34.3 Å². The van der Waals surface area contributed by atoms with Crippen LogP contribution in [0.15, 0.2) is 72.9 Å². The van der Waals surface area contributed by atoms with E-state index in [0.717, 1.165) is 42.9 Å². The second-order valence-electron chi connectivity index (χ2n) is 15.4. The van der Waals surface area contributed by atoms with Gasteiger partial charge in [-0.25, -0.2) is 4.68 Å². The van der Waals surface area contributed by atoms with E-state index in [9.17, 15) is 39.5 Å². The summed E-state index contributed by atoms with van der Waals surface area (Å²) in [6, 6.07) is 14.3. The number of carbonyl (C=O) groups is 4. The molecule has 4 aromatic rings. The first-order valence-corrected chi connectivity index (χ1v) is 18.9. The maximum absolute atomic E-state index is 14.9. The van der Waals surface area contributed by atoms with Gasteiger partial charge in [0.25, 0.3) is 11.6 Å². The van der Waals surface area contributed by atoms with Crippen molar-refractivity contribution in [3.8, 4) is 0 Å². The number of nitro groups is 1. The van der Waals surface area contributed by atoms with Crippen molar-refractivity contribution in [2.45, 2.75) is 101 Å². The number of nitrogens with zero attached hydrogens (tertiary/aromatic N) is 5. The van der Waals surface area contributed by atoms with Gasteiger partial charge in [0.1, 0.15) is 17.7 Å². The number of hydrogen-bond donors (Lipinski definition) is 5. The Kier molecular flexibility index (Phi) is 12.1. The van der Waals surface area contributed by atoms with Crippen molar-refractivity contribution in [1.82, 2.24) is 30.5 Å². The minimum atomic E-state index is -1.84. The summed E-state index contributed by atoms with van der Waals surface area (Å²) in [7, 11) is 0. The highest BCUT2D eigenvalue weighted by atomic mass is 16.6. The number of primary amides is 1. The van der Waals surface area contributed by atoms with Crippen molar-refractivity contribution >= 4 is 40.1 Å². The van der Waals surface area contributed by atoms with Crippen LogP contribution in [0.3, 0.4) is 0 Å². The molecule has 296 valence electrons. The van der Waals surface area contributed by atoms with E-state index in [-0.39, 0.29) is 31.0 Å². The van der Waals surface area contributed by atoms with Crippen LogP contribution < -0.4 is 16.4 Å². The van der Waals surface area contributed by atoms with Crippen LogP contribution in [0.25, 0.3) is 10.8 Å². The van der Waals surface area contributed by atoms with Crippen LogP contribution in [0.1, 0.15) is 86.5 Å². The number of aliphatic hydroxyl groups excluding tert-OH is 1. The van der Waals surface area contributed by atoms with Gasteiger partial charge >= 0.3 is 0 Å². The topological polar surface area (TPSA) is 236 Å². The van der Waals surface area contributed by atoms with Crippen molar-refractivity contribution in [3.63, 3.8) is 0 Å². The average molecular weight is 769 g/mol. The van der Waals surface area contributed by atoms with E-state index in [4.69, 9.17) is 5.73 Å². The normalized spacial score (nSPS) is 19.2. The molecule has 1 saturated carbocycles. The molecule has 1 aliphatic heterocycles. The highest BCUT2D eigenvalue weighted by Crippen LogP contribution is 2.34. The predicted molar refractivity (Wildman–Crippen MR) is 205 cm³/mol. The molecule has 56 heavy (non-hydrogen) atoms. The molecule has 6 N–H and O–H groups in total. The van der Waals surface area contributed by atoms with Crippen LogP contribution >= 0.6 is 0 Å². The first-order chi connectivity index (χ1) is 26.7. The predicted octanol–water partition coefficient (Wildman–Crippen LogP) is 3.05. The lowest BCUT2D eigenvalue weighted by Crippen LogP contribution is -2.57. The highest BCUT2D eigenvalue weighted by Gasteiger charge is 2.45. The van der Waals surface area contributed by atoms with Crippen LogP contribution in [0.2, 0.25) is 0 Å². The molecule has 16 nitrogen and oxygen atoms in total. The second kappa shape index (κ2) is 17.0. The van der Waals surface area contributed by atoms with E-state index in [1.807, 2.05) is 30.3 Å². The number of fused-ring (bicyclic) bond motifs is 1. The molecule has 2 fully saturated rings. The Morgan fingerprint density at radius 3 is 2.36 bits per heavy atom. The quantitative estimate of drug-likeness (QED) is 0.0929. The molecule has 1 aromatic heterocycles. The Bertz CT molecular complexity index is 2070. The third-order valence-electron chi connectivity index (χ3n) is 10.9. The molecule has 3 aromatic carbocycles. The van der Waals surface area contributed by atoms with Gasteiger partial charge in [0, 0.05) is 30.7 Å². The number of aromatic nitrogens is 3. The molecule has 1 aliphatic carbocycles. The zero-order valence-corrected chi connectivity index (χ0v) is 31.4. The Hall–Kier alpha value is -5.74. The van der Waals surface area contributed by atoms with Crippen molar-refractivity contribution in [2.24, 2.45) is 11.7 Å². The Labute approximate surface area is 323 Å². The number of rotatable bonds is 14. The molecular weight excluding hydrogens is 720 g/mol. The number of aliphatic hydroxyl groups is 2.